The van der Waals surface area contributed by atoms with Crippen LogP contribution in [0.3, 0.4) is 0 Å². The third-order valence-electron chi connectivity index (χ3n) is 7.74. The van der Waals surface area contributed by atoms with Gasteiger partial charge in [-0.15, -0.1) is 0 Å². The van der Waals surface area contributed by atoms with E-state index in [9.17, 15) is 4.79 Å². The van der Waals surface area contributed by atoms with Crippen LogP contribution < -0.4 is 0 Å². The van der Waals surface area contributed by atoms with Gasteiger partial charge in [-0.2, -0.15) is 0 Å². The van der Waals surface area contributed by atoms with Gasteiger partial charge in [0.2, 0.25) is 0 Å². The Morgan fingerprint density at radius 1 is 1.17 bits per heavy atom. The molecule has 4 aliphatic rings. The Bertz CT molecular complexity index is 878. The van der Waals surface area contributed by atoms with E-state index in [0.717, 1.165) is 35.6 Å². The molecule has 0 saturated heterocycles. The van der Waals surface area contributed by atoms with E-state index < -0.39 is 0 Å². The third-order valence-corrected chi connectivity index (χ3v) is 7.74. The highest BCUT2D eigenvalue weighted by molar-refractivity contribution is 5.87. The summed E-state index contributed by atoms with van der Waals surface area (Å²) in [6.07, 6.45) is 13.0. The number of carbonyl (C=O) groups is 1. The number of aromatic nitrogens is 2. The Morgan fingerprint density at radius 2 is 1.86 bits per heavy atom. The number of H-pyrrole nitrogens is 1. The van der Waals surface area contributed by atoms with Crippen LogP contribution in [0.2, 0.25) is 0 Å². The van der Waals surface area contributed by atoms with Crippen LogP contribution in [0.4, 0.5) is 0 Å². The summed E-state index contributed by atoms with van der Waals surface area (Å²) >= 11 is 0. The lowest BCUT2D eigenvalue weighted by Gasteiger charge is -2.57. The molecule has 0 spiro atoms. The van der Waals surface area contributed by atoms with Gasteiger partial charge in [0, 0.05) is 5.56 Å². The summed E-state index contributed by atoms with van der Waals surface area (Å²) in [4.78, 5) is 19.6. The van der Waals surface area contributed by atoms with E-state index >= 15 is 0 Å². The van der Waals surface area contributed by atoms with E-state index in [2.05, 4.69) is 35.1 Å². The van der Waals surface area contributed by atoms with Crippen molar-refractivity contribution in [2.75, 3.05) is 6.61 Å². The number of benzene rings is 1. The molecule has 29 heavy (non-hydrogen) atoms. The van der Waals surface area contributed by atoms with Gasteiger partial charge in [0.25, 0.3) is 0 Å². The second kappa shape index (κ2) is 7.30. The third kappa shape index (κ3) is 3.62. The summed E-state index contributed by atoms with van der Waals surface area (Å²) in [6.45, 7) is 4.28. The smallest absolute Gasteiger partial charge is 0.356 e. The molecule has 1 N–H and O–H groups in total. The van der Waals surface area contributed by atoms with Crippen LogP contribution >= 0.6 is 0 Å². The molecule has 1 aromatic heterocycles. The molecule has 4 heteroatoms. The number of rotatable bonds is 6. The van der Waals surface area contributed by atoms with Crippen LogP contribution in [0.1, 0.15) is 73.5 Å². The Labute approximate surface area is 173 Å². The minimum absolute atomic E-state index is 0.345. The van der Waals surface area contributed by atoms with E-state index in [0.29, 0.717) is 17.7 Å². The molecule has 4 fully saturated rings. The van der Waals surface area contributed by atoms with Crippen molar-refractivity contribution < 1.29 is 9.53 Å². The Hall–Kier alpha value is -2.10. The normalized spacial score (nSPS) is 29.9. The van der Waals surface area contributed by atoms with Crippen LogP contribution in [-0.4, -0.2) is 22.5 Å². The van der Waals surface area contributed by atoms with Crippen molar-refractivity contribution in [1.29, 1.82) is 0 Å². The van der Waals surface area contributed by atoms with Crippen LogP contribution in [0, 0.1) is 30.1 Å². The highest BCUT2D eigenvalue weighted by atomic mass is 16.5. The molecule has 0 aliphatic heterocycles. The van der Waals surface area contributed by atoms with Crippen molar-refractivity contribution in [3.63, 3.8) is 0 Å². The molecular formula is C25H32N2O2. The fraction of sp³-hybridized carbons (Fsp3) is 0.600. The van der Waals surface area contributed by atoms with Crippen molar-refractivity contribution in [3.05, 3.63) is 41.2 Å². The summed E-state index contributed by atoms with van der Waals surface area (Å²) in [6, 6.07) is 6.73. The maximum atomic E-state index is 12.0. The molecule has 6 rings (SSSR count). The van der Waals surface area contributed by atoms with Crippen molar-refractivity contribution in [2.24, 2.45) is 23.2 Å². The first kappa shape index (κ1) is 18.9. The number of imidazole rings is 1. The van der Waals surface area contributed by atoms with E-state index in [1.54, 1.807) is 6.20 Å². The van der Waals surface area contributed by atoms with Crippen molar-refractivity contribution >= 4 is 5.97 Å². The van der Waals surface area contributed by atoms with E-state index in [4.69, 9.17) is 4.74 Å². The van der Waals surface area contributed by atoms with Gasteiger partial charge in [-0.25, -0.2) is 9.78 Å². The van der Waals surface area contributed by atoms with Crippen LogP contribution in [0.5, 0.6) is 0 Å². The molecule has 2 aromatic rings. The number of aryl methyl sites for hydroxylation is 2. The Balaban J connectivity index is 1.32. The number of aromatic amines is 1. The van der Waals surface area contributed by atoms with Crippen molar-refractivity contribution in [2.45, 2.75) is 65.2 Å². The minimum Gasteiger partial charge on any atom is -0.461 e. The number of ether oxygens (including phenoxy) is 1. The number of esters is 1. The first-order valence-electron chi connectivity index (χ1n) is 11.4. The first-order chi connectivity index (χ1) is 14.0. The summed E-state index contributed by atoms with van der Waals surface area (Å²) in [5.41, 5.74) is 4.68. The fourth-order valence-corrected chi connectivity index (χ4v) is 6.86. The van der Waals surface area contributed by atoms with Gasteiger partial charge in [0.1, 0.15) is 11.5 Å². The molecule has 154 valence electrons. The van der Waals surface area contributed by atoms with Crippen LogP contribution in [-0.2, 0) is 11.2 Å². The Kier molecular flexibility index (Phi) is 4.76. The highest BCUT2D eigenvalue weighted by Gasteiger charge is 2.50. The predicted octanol–water partition coefficient (Wildman–Crippen LogP) is 5.71. The van der Waals surface area contributed by atoms with E-state index in [-0.39, 0.29) is 5.97 Å². The van der Waals surface area contributed by atoms with Gasteiger partial charge in [-0.3, -0.25) is 0 Å². The molecule has 0 amide bonds. The summed E-state index contributed by atoms with van der Waals surface area (Å²) < 4.78 is 5.08. The maximum absolute atomic E-state index is 12.0. The number of hydrogen-bond donors (Lipinski definition) is 1. The number of carbonyl (C=O) groups excluding carboxylic acids is 1. The predicted molar refractivity (Wildman–Crippen MR) is 114 cm³/mol. The van der Waals surface area contributed by atoms with Gasteiger partial charge < -0.3 is 9.72 Å². The van der Waals surface area contributed by atoms with Crippen LogP contribution in [0.25, 0.3) is 11.4 Å². The highest BCUT2D eigenvalue weighted by Crippen LogP contribution is 2.61. The zero-order chi connectivity index (χ0) is 20.0. The first-order valence-corrected chi connectivity index (χ1v) is 11.4. The average molecular weight is 393 g/mol. The van der Waals surface area contributed by atoms with Crippen LogP contribution in [0.15, 0.2) is 24.4 Å². The largest absolute Gasteiger partial charge is 0.461 e. The lowest BCUT2D eigenvalue weighted by molar-refractivity contribution is -0.0569. The van der Waals surface area contributed by atoms with Gasteiger partial charge in [-0.05, 0) is 106 Å². The average Bonchev–Trinajstić information content (AvgIpc) is 3.17. The topological polar surface area (TPSA) is 55.0 Å². The molecule has 0 radical (unpaired) electrons. The fourth-order valence-electron chi connectivity index (χ4n) is 6.86. The molecule has 1 heterocycles. The van der Waals surface area contributed by atoms with Gasteiger partial charge in [-0.1, -0.05) is 12.1 Å². The SMILES string of the molecule is CCOC(=O)c1cnc(-c2cc(CCC34CC5CC(CC(C5)C3)C4)ccc2C)[nH]1. The number of nitrogens with zero attached hydrogens (tertiary/aromatic N) is 1. The zero-order valence-corrected chi connectivity index (χ0v) is 17.7. The van der Waals surface area contributed by atoms with E-state index in [1.165, 1.54) is 56.1 Å². The molecule has 0 unspecified atom stereocenters. The standard InChI is InChI=1S/C25H32N2O2/c1-3-29-24(28)22-15-26-23(27-22)21-11-17(5-4-16(21)2)6-7-25-12-18-8-19(13-25)10-20(9-18)14-25/h4-5,11,15,18-20H,3,6-10,12-14H2,1-2H3,(H,26,27). The van der Waals surface area contributed by atoms with Gasteiger partial charge in [0.05, 0.1) is 12.8 Å². The molecule has 1 aromatic carbocycles. The number of nitrogens with one attached hydrogen (secondary N) is 1. The molecule has 4 nitrogen and oxygen atoms in total. The minimum atomic E-state index is -0.345. The molecule has 4 aliphatic carbocycles. The molecule has 0 atom stereocenters. The Morgan fingerprint density at radius 3 is 2.52 bits per heavy atom. The zero-order valence-electron chi connectivity index (χ0n) is 17.7. The second-order valence-corrected chi connectivity index (χ2v) is 9.93. The van der Waals surface area contributed by atoms with Crippen molar-refractivity contribution in [3.8, 4) is 11.4 Å². The lowest BCUT2D eigenvalue weighted by atomic mass is 9.48. The molecule has 4 bridgehead atoms. The molecular weight excluding hydrogens is 360 g/mol. The maximum Gasteiger partial charge on any atom is 0.356 e. The second-order valence-electron chi connectivity index (χ2n) is 9.93. The summed E-state index contributed by atoms with van der Waals surface area (Å²) in [5.74, 6) is 3.45. The van der Waals surface area contributed by atoms with Gasteiger partial charge >= 0.3 is 5.97 Å². The van der Waals surface area contributed by atoms with Crippen molar-refractivity contribution in [1.82, 2.24) is 9.97 Å². The van der Waals surface area contributed by atoms with E-state index in [1.807, 2.05) is 6.92 Å². The quantitative estimate of drug-likeness (QED) is 0.641. The lowest BCUT2D eigenvalue weighted by Crippen LogP contribution is -2.46. The molecule has 4 saturated carbocycles. The summed E-state index contributed by atoms with van der Waals surface area (Å²) in [5, 5.41) is 0. The summed E-state index contributed by atoms with van der Waals surface area (Å²) in [7, 11) is 0. The number of hydrogen-bond acceptors (Lipinski definition) is 3. The van der Waals surface area contributed by atoms with Gasteiger partial charge in [0.15, 0.2) is 0 Å². The monoisotopic (exact) mass is 392 g/mol.